The van der Waals surface area contributed by atoms with Gasteiger partial charge in [0.1, 0.15) is 0 Å². The Bertz CT molecular complexity index is 477. The van der Waals surface area contributed by atoms with Gasteiger partial charge in [-0.05, 0) is 25.5 Å². The number of hydrogen-bond donors (Lipinski definition) is 2. The maximum Gasteiger partial charge on any atom is 0.317 e. The second-order valence-corrected chi connectivity index (χ2v) is 5.09. The van der Waals surface area contributed by atoms with Gasteiger partial charge in [-0.1, -0.05) is 29.8 Å². The molecule has 1 rings (SSSR count). The Morgan fingerprint density at radius 3 is 2.55 bits per heavy atom. The summed E-state index contributed by atoms with van der Waals surface area (Å²) in [5.74, 6) is -0.922. The van der Waals surface area contributed by atoms with Crippen molar-refractivity contribution in [3.8, 4) is 0 Å². The van der Waals surface area contributed by atoms with Crippen molar-refractivity contribution in [2.75, 3.05) is 6.54 Å². The van der Waals surface area contributed by atoms with Crippen LogP contribution in [0.2, 0.25) is 5.02 Å². The molecule has 0 bridgehead atoms. The Morgan fingerprint density at radius 1 is 1.35 bits per heavy atom. The molecule has 0 aromatic heterocycles. The van der Waals surface area contributed by atoms with E-state index in [2.05, 4.69) is 5.32 Å². The third-order valence-electron chi connectivity index (χ3n) is 2.84. The molecule has 110 valence electrons. The minimum absolute atomic E-state index is 0.0689. The van der Waals surface area contributed by atoms with Crippen molar-refractivity contribution >= 4 is 23.6 Å². The van der Waals surface area contributed by atoms with Crippen LogP contribution in [0.15, 0.2) is 24.3 Å². The SMILES string of the molecule is CC(C)N(CCC(=O)O)C(=O)NCc1ccccc1Cl. The summed E-state index contributed by atoms with van der Waals surface area (Å²) in [6, 6.07) is 6.90. The first-order valence-electron chi connectivity index (χ1n) is 6.41. The van der Waals surface area contributed by atoms with Gasteiger partial charge in [-0.2, -0.15) is 0 Å². The van der Waals surface area contributed by atoms with Gasteiger partial charge in [0.25, 0.3) is 0 Å². The maximum atomic E-state index is 12.1. The lowest BCUT2D eigenvalue weighted by atomic mass is 10.2. The fraction of sp³-hybridized carbons (Fsp3) is 0.429. The Kier molecular flexibility index (Phi) is 6.31. The molecule has 1 aromatic rings. The molecule has 1 aromatic carbocycles. The van der Waals surface area contributed by atoms with Crippen LogP contribution in [-0.4, -0.2) is 34.6 Å². The lowest BCUT2D eigenvalue weighted by Gasteiger charge is -2.26. The number of benzene rings is 1. The van der Waals surface area contributed by atoms with Gasteiger partial charge in [-0.25, -0.2) is 4.79 Å². The highest BCUT2D eigenvalue weighted by Crippen LogP contribution is 2.14. The normalized spacial score (nSPS) is 10.4. The summed E-state index contributed by atoms with van der Waals surface area (Å²) in [7, 11) is 0. The van der Waals surface area contributed by atoms with Crippen molar-refractivity contribution in [1.82, 2.24) is 10.2 Å². The van der Waals surface area contributed by atoms with Crippen molar-refractivity contribution < 1.29 is 14.7 Å². The first kappa shape index (κ1) is 16.3. The van der Waals surface area contributed by atoms with Gasteiger partial charge in [0.2, 0.25) is 0 Å². The van der Waals surface area contributed by atoms with Gasteiger partial charge < -0.3 is 15.3 Å². The number of carbonyl (C=O) groups excluding carboxylic acids is 1. The van der Waals surface area contributed by atoms with Crippen LogP contribution in [0.5, 0.6) is 0 Å². The second-order valence-electron chi connectivity index (χ2n) is 4.68. The van der Waals surface area contributed by atoms with Gasteiger partial charge in [0, 0.05) is 24.2 Å². The van der Waals surface area contributed by atoms with Crippen LogP contribution in [0, 0.1) is 0 Å². The van der Waals surface area contributed by atoms with Gasteiger partial charge in [0.15, 0.2) is 0 Å². The second kappa shape index (κ2) is 7.75. The molecule has 0 atom stereocenters. The Labute approximate surface area is 123 Å². The number of hydrogen-bond acceptors (Lipinski definition) is 2. The van der Waals surface area contributed by atoms with Crippen LogP contribution in [0.4, 0.5) is 4.79 Å². The van der Waals surface area contributed by atoms with E-state index in [0.717, 1.165) is 5.56 Å². The summed E-state index contributed by atoms with van der Waals surface area (Å²) in [6.45, 7) is 4.18. The molecule has 6 heteroatoms. The van der Waals surface area contributed by atoms with Gasteiger partial charge in [0.05, 0.1) is 6.42 Å². The monoisotopic (exact) mass is 298 g/mol. The number of amides is 2. The van der Waals surface area contributed by atoms with Crippen molar-refractivity contribution in [2.24, 2.45) is 0 Å². The Morgan fingerprint density at radius 2 is 2.00 bits per heavy atom. The number of rotatable bonds is 6. The summed E-state index contributed by atoms with van der Waals surface area (Å²) >= 11 is 6.01. The van der Waals surface area contributed by atoms with E-state index in [1.807, 2.05) is 32.0 Å². The zero-order valence-electron chi connectivity index (χ0n) is 11.6. The molecule has 0 aliphatic carbocycles. The quantitative estimate of drug-likeness (QED) is 0.848. The molecule has 0 saturated carbocycles. The smallest absolute Gasteiger partial charge is 0.317 e. The van der Waals surface area contributed by atoms with Crippen LogP contribution in [-0.2, 0) is 11.3 Å². The maximum absolute atomic E-state index is 12.1. The molecule has 0 fully saturated rings. The average Bonchev–Trinajstić information content (AvgIpc) is 2.37. The highest BCUT2D eigenvalue weighted by Gasteiger charge is 2.17. The minimum atomic E-state index is -0.922. The van der Waals surface area contributed by atoms with E-state index in [0.29, 0.717) is 11.6 Å². The van der Waals surface area contributed by atoms with E-state index in [-0.39, 0.29) is 25.0 Å². The van der Waals surface area contributed by atoms with E-state index in [4.69, 9.17) is 16.7 Å². The first-order chi connectivity index (χ1) is 9.41. The largest absolute Gasteiger partial charge is 0.481 e. The van der Waals surface area contributed by atoms with Crippen LogP contribution < -0.4 is 5.32 Å². The molecule has 0 spiro atoms. The van der Waals surface area contributed by atoms with E-state index >= 15 is 0 Å². The van der Waals surface area contributed by atoms with Crippen LogP contribution in [0.25, 0.3) is 0 Å². The van der Waals surface area contributed by atoms with Crippen LogP contribution in [0.3, 0.4) is 0 Å². The molecule has 0 aliphatic rings. The number of urea groups is 1. The minimum Gasteiger partial charge on any atom is -0.481 e. The zero-order valence-corrected chi connectivity index (χ0v) is 12.4. The standard InChI is InChI=1S/C14H19ClN2O3/c1-10(2)17(8-7-13(18)19)14(20)16-9-11-5-3-4-6-12(11)15/h3-6,10H,7-9H2,1-2H3,(H,16,20)(H,18,19). The molecule has 5 nitrogen and oxygen atoms in total. The highest BCUT2D eigenvalue weighted by atomic mass is 35.5. The lowest BCUT2D eigenvalue weighted by Crippen LogP contribution is -2.44. The first-order valence-corrected chi connectivity index (χ1v) is 6.79. The summed E-state index contributed by atoms with van der Waals surface area (Å²) in [4.78, 5) is 24.1. The number of aliphatic carboxylic acids is 1. The van der Waals surface area contributed by atoms with Crippen molar-refractivity contribution in [2.45, 2.75) is 32.9 Å². The Balaban J connectivity index is 2.58. The number of carboxylic acids is 1. The summed E-state index contributed by atoms with van der Waals surface area (Å²) in [5.41, 5.74) is 0.824. The predicted molar refractivity (Wildman–Crippen MR) is 77.8 cm³/mol. The van der Waals surface area contributed by atoms with Gasteiger partial charge in [-0.3, -0.25) is 4.79 Å². The third-order valence-corrected chi connectivity index (χ3v) is 3.21. The fourth-order valence-corrected chi connectivity index (χ4v) is 1.93. The summed E-state index contributed by atoms with van der Waals surface area (Å²) in [6.07, 6.45) is -0.0717. The average molecular weight is 299 g/mol. The van der Waals surface area contributed by atoms with Crippen molar-refractivity contribution in [3.63, 3.8) is 0 Å². The summed E-state index contributed by atoms with van der Waals surface area (Å²) in [5, 5.41) is 12.0. The Hall–Kier alpha value is -1.75. The number of carboxylic acid groups (broad SMARTS) is 1. The number of nitrogens with one attached hydrogen (secondary N) is 1. The van der Waals surface area contributed by atoms with Crippen LogP contribution in [0.1, 0.15) is 25.8 Å². The molecule has 0 radical (unpaired) electrons. The predicted octanol–water partition coefficient (Wildman–Crippen LogP) is 2.73. The van der Waals surface area contributed by atoms with E-state index in [1.54, 1.807) is 6.07 Å². The molecular weight excluding hydrogens is 280 g/mol. The van der Waals surface area contributed by atoms with Gasteiger partial charge >= 0.3 is 12.0 Å². The molecule has 2 amide bonds. The molecule has 0 unspecified atom stereocenters. The van der Waals surface area contributed by atoms with Crippen molar-refractivity contribution in [3.05, 3.63) is 34.9 Å². The van der Waals surface area contributed by atoms with E-state index in [1.165, 1.54) is 4.90 Å². The number of carbonyl (C=O) groups is 2. The molecule has 0 aliphatic heterocycles. The third kappa shape index (κ3) is 5.09. The molecule has 0 saturated heterocycles. The highest BCUT2D eigenvalue weighted by molar-refractivity contribution is 6.31. The number of halogens is 1. The topological polar surface area (TPSA) is 69.6 Å². The zero-order chi connectivity index (χ0) is 15.1. The molecular formula is C14H19ClN2O3. The fourth-order valence-electron chi connectivity index (χ4n) is 1.72. The van der Waals surface area contributed by atoms with Crippen LogP contribution >= 0.6 is 11.6 Å². The molecule has 20 heavy (non-hydrogen) atoms. The summed E-state index contributed by atoms with van der Waals surface area (Å²) < 4.78 is 0. The molecule has 2 N–H and O–H groups in total. The van der Waals surface area contributed by atoms with Crippen molar-refractivity contribution in [1.29, 1.82) is 0 Å². The lowest BCUT2D eigenvalue weighted by molar-refractivity contribution is -0.137. The van der Waals surface area contributed by atoms with Gasteiger partial charge in [-0.15, -0.1) is 0 Å². The number of nitrogens with zero attached hydrogens (tertiary/aromatic N) is 1. The van der Waals surface area contributed by atoms with E-state index < -0.39 is 5.97 Å². The molecule has 0 heterocycles. The van der Waals surface area contributed by atoms with E-state index in [9.17, 15) is 9.59 Å².